The summed E-state index contributed by atoms with van der Waals surface area (Å²) in [5.41, 5.74) is 4.23. The summed E-state index contributed by atoms with van der Waals surface area (Å²) in [4.78, 5) is 14.6. The molecule has 0 radical (unpaired) electrons. The second-order valence-electron chi connectivity index (χ2n) is 8.36. The van der Waals surface area contributed by atoms with Crippen molar-refractivity contribution in [1.29, 1.82) is 5.26 Å². The van der Waals surface area contributed by atoms with Gasteiger partial charge in [0.05, 0.1) is 21.1 Å². The fourth-order valence-corrected chi connectivity index (χ4v) is 2.99. The fourth-order valence-electron chi connectivity index (χ4n) is 2.99. The molecule has 0 atom stereocenters. The Hall–Kier alpha value is -3.10. The van der Waals surface area contributed by atoms with Crippen LogP contribution in [0.15, 0.2) is 54.1 Å². The summed E-state index contributed by atoms with van der Waals surface area (Å²) in [6, 6.07) is 18.4. The largest absolute Gasteiger partial charge is 0.456 e. The first-order valence-electron chi connectivity index (χ1n) is 10.2. The zero-order valence-electron chi connectivity index (χ0n) is 18.7. The van der Waals surface area contributed by atoms with Gasteiger partial charge in [-0.1, -0.05) is 36.4 Å². The van der Waals surface area contributed by atoms with Gasteiger partial charge in [0, 0.05) is 18.8 Å². The van der Waals surface area contributed by atoms with Gasteiger partial charge in [0.25, 0.3) is 0 Å². The fraction of sp³-hybridized carbons (Fsp3) is 0.360. The minimum absolute atomic E-state index is 0.0175. The number of quaternary nitrogens is 1. The predicted octanol–water partition coefficient (Wildman–Crippen LogP) is 4.18. The summed E-state index contributed by atoms with van der Waals surface area (Å²) >= 11 is 0. The van der Waals surface area contributed by atoms with E-state index in [1.165, 1.54) is 5.56 Å². The average molecular weight is 407 g/mol. The highest BCUT2D eigenvalue weighted by Crippen LogP contribution is 2.23. The monoisotopic (exact) mass is 406 g/mol. The van der Waals surface area contributed by atoms with Crippen molar-refractivity contribution in [1.82, 2.24) is 0 Å². The summed E-state index contributed by atoms with van der Waals surface area (Å²) in [6.45, 7) is 6.80. The number of carbonyl (C=O) groups is 1. The highest BCUT2D eigenvalue weighted by Gasteiger charge is 2.15. The highest BCUT2D eigenvalue weighted by molar-refractivity contribution is 5.98. The molecule has 0 aromatic heterocycles. The van der Waals surface area contributed by atoms with Gasteiger partial charge in [0.15, 0.2) is 0 Å². The minimum Gasteiger partial charge on any atom is -0.456 e. The molecule has 0 fully saturated rings. The number of likely N-dealkylation sites (N-methyl/N-ethyl adjacent to an activating group) is 1. The van der Waals surface area contributed by atoms with Crippen molar-refractivity contribution in [2.24, 2.45) is 0 Å². The summed E-state index contributed by atoms with van der Waals surface area (Å²) < 4.78 is 5.97. The molecule has 0 unspecified atom stereocenters. The number of ether oxygens (including phenoxy) is 1. The van der Waals surface area contributed by atoms with Crippen molar-refractivity contribution in [2.45, 2.75) is 20.4 Å². The van der Waals surface area contributed by atoms with Crippen LogP contribution in [-0.4, -0.2) is 51.3 Å². The topological polar surface area (TPSA) is 53.3 Å². The van der Waals surface area contributed by atoms with Crippen LogP contribution in [0.4, 0.5) is 5.69 Å². The zero-order chi connectivity index (χ0) is 22.1. The van der Waals surface area contributed by atoms with E-state index >= 15 is 0 Å². The second kappa shape index (κ2) is 10.6. The quantitative estimate of drug-likeness (QED) is 0.271. The molecule has 2 rings (SSSR count). The molecule has 0 aliphatic rings. The minimum atomic E-state index is -0.575. The third-order valence-corrected chi connectivity index (χ3v) is 4.85. The lowest BCUT2D eigenvalue weighted by Crippen LogP contribution is -2.38. The molecule has 0 heterocycles. The smallest absolute Gasteiger partial charge is 0.349 e. The van der Waals surface area contributed by atoms with Gasteiger partial charge in [-0.25, -0.2) is 4.79 Å². The van der Waals surface area contributed by atoms with Gasteiger partial charge >= 0.3 is 5.97 Å². The summed E-state index contributed by atoms with van der Waals surface area (Å²) in [6.07, 6.45) is 1.61. The maximum atomic E-state index is 12.3. The van der Waals surface area contributed by atoms with E-state index in [0.29, 0.717) is 11.0 Å². The van der Waals surface area contributed by atoms with Crippen LogP contribution in [0.5, 0.6) is 0 Å². The second-order valence-corrected chi connectivity index (χ2v) is 8.36. The van der Waals surface area contributed by atoms with Crippen LogP contribution in [0, 0.1) is 18.3 Å². The van der Waals surface area contributed by atoms with E-state index < -0.39 is 5.97 Å². The number of benzene rings is 2. The average Bonchev–Trinajstić information content (AvgIpc) is 2.70. The van der Waals surface area contributed by atoms with Crippen molar-refractivity contribution in [3.63, 3.8) is 0 Å². The summed E-state index contributed by atoms with van der Waals surface area (Å²) in [5, 5.41) is 9.42. The molecular formula is C25H32N3O2+. The Bertz CT molecular complexity index is 922. The van der Waals surface area contributed by atoms with Crippen LogP contribution in [0.2, 0.25) is 0 Å². The molecule has 5 heteroatoms. The van der Waals surface area contributed by atoms with Crippen LogP contribution in [0.25, 0.3) is 6.08 Å². The zero-order valence-corrected chi connectivity index (χ0v) is 18.7. The molecule has 0 saturated heterocycles. The lowest BCUT2D eigenvalue weighted by atomic mass is 10.0. The standard InChI is InChI=1S/C25H32N3O2/c1-6-27(19-21-10-8-7-9-11-21)24-13-12-22(20(2)16-24)17-23(18-26)25(29)30-15-14-28(3,4)5/h7-13,16-17H,6,14-15,19H2,1-5H3/q+1. The molecule has 0 aliphatic carbocycles. The van der Waals surface area contributed by atoms with Crippen molar-refractivity contribution < 1.29 is 14.0 Å². The van der Waals surface area contributed by atoms with Gasteiger partial charge in [-0.05, 0) is 48.7 Å². The Balaban J connectivity index is 2.14. The van der Waals surface area contributed by atoms with E-state index in [9.17, 15) is 10.1 Å². The third kappa shape index (κ3) is 7.06. The number of nitriles is 1. The van der Waals surface area contributed by atoms with E-state index in [1.807, 2.05) is 64.5 Å². The molecule has 0 bridgehead atoms. The van der Waals surface area contributed by atoms with Gasteiger partial charge in [0.2, 0.25) is 0 Å². The summed E-state index contributed by atoms with van der Waals surface area (Å²) in [7, 11) is 6.07. The van der Waals surface area contributed by atoms with Crippen LogP contribution in [0.3, 0.4) is 0 Å². The third-order valence-electron chi connectivity index (χ3n) is 4.85. The Kier molecular flexibility index (Phi) is 8.20. The molecule has 2 aromatic carbocycles. The van der Waals surface area contributed by atoms with E-state index in [0.717, 1.165) is 29.9 Å². The van der Waals surface area contributed by atoms with Crippen LogP contribution >= 0.6 is 0 Å². The molecule has 0 aliphatic heterocycles. The Labute approximate surface area is 180 Å². The number of anilines is 1. The number of nitrogens with zero attached hydrogens (tertiary/aromatic N) is 3. The molecule has 2 aromatic rings. The van der Waals surface area contributed by atoms with E-state index in [4.69, 9.17) is 4.74 Å². The first kappa shape index (κ1) is 23.2. The Morgan fingerprint density at radius 3 is 2.43 bits per heavy atom. The summed E-state index contributed by atoms with van der Waals surface area (Å²) in [5.74, 6) is -0.575. The van der Waals surface area contributed by atoms with E-state index in [1.54, 1.807) is 6.08 Å². The number of rotatable bonds is 9. The van der Waals surface area contributed by atoms with Crippen LogP contribution < -0.4 is 4.90 Å². The SMILES string of the molecule is CCN(Cc1ccccc1)c1ccc(C=C(C#N)C(=O)OCC[N+](C)(C)C)c(C)c1. The maximum Gasteiger partial charge on any atom is 0.349 e. The van der Waals surface area contributed by atoms with Gasteiger partial charge in [-0.2, -0.15) is 5.26 Å². The molecule has 30 heavy (non-hydrogen) atoms. The normalized spacial score (nSPS) is 11.7. The predicted molar refractivity (Wildman–Crippen MR) is 122 cm³/mol. The van der Waals surface area contributed by atoms with Crippen LogP contribution in [0.1, 0.15) is 23.6 Å². The maximum absolute atomic E-state index is 12.3. The van der Waals surface area contributed by atoms with E-state index in [-0.39, 0.29) is 12.2 Å². The molecule has 0 spiro atoms. The van der Waals surface area contributed by atoms with Crippen LogP contribution in [-0.2, 0) is 16.1 Å². The Morgan fingerprint density at radius 1 is 1.17 bits per heavy atom. The molecule has 0 saturated carbocycles. The van der Waals surface area contributed by atoms with Crippen molar-refractivity contribution in [3.05, 3.63) is 70.8 Å². The lowest BCUT2D eigenvalue weighted by molar-refractivity contribution is -0.870. The molecule has 158 valence electrons. The molecule has 5 nitrogen and oxygen atoms in total. The van der Waals surface area contributed by atoms with Crippen molar-refractivity contribution >= 4 is 17.7 Å². The lowest BCUT2D eigenvalue weighted by Gasteiger charge is -2.24. The first-order chi connectivity index (χ1) is 14.2. The molecular weight excluding hydrogens is 374 g/mol. The molecule has 0 amide bonds. The van der Waals surface area contributed by atoms with Gasteiger partial charge < -0.3 is 14.1 Å². The Morgan fingerprint density at radius 2 is 1.87 bits per heavy atom. The highest BCUT2D eigenvalue weighted by atomic mass is 16.5. The number of hydrogen-bond acceptors (Lipinski definition) is 4. The van der Waals surface area contributed by atoms with Crippen molar-refractivity contribution in [2.75, 3.05) is 45.7 Å². The van der Waals surface area contributed by atoms with Gasteiger partial charge in [-0.3, -0.25) is 0 Å². The molecule has 0 N–H and O–H groups in total. The van der Waals surface area contributed by atoms with Crippen molar-refractivity contribution in [3.8, 4) is 6.07 Å². The van der Waals surface area contributed by atoms with E-state index in [2.05, 4.69) is 30.0 Å². The number of hydrogen-bond donors (Lipinski definition) is 0. The van der Waals surface area contributed by atoms with Gasteiger partial charge in [0.1, 0.15) is 24.8 Å². The number of carbonyl (C=O) groups excluding carboxylic acids is 1. The first-order valence-corrected chi connectivity index (χ1v) is 10.2. The number of aryl methyl sites for hydroxylation is 1. The number of esters is 1. The van der Waals surface area contributed by atoms with Gasteiger partial charge in [-0.15, -0.1) is 0 Å².